The first-order chi connectivity index (χ1) is 10.3. The van der Waals surface area contributed by atoms with Gasteiger partial charge < -0.3 is 15.0 Å². The smallest absolute Gasteiger partial charge is 0.191 e. The number of anilines is 2. The van der Waals surface area contributed by atoms with E-state index in [1.54, 1.807) is 6.20 Å². The fourth-order valence-electron chi connectivity index (χ4n) is 2.67. The maximum absolute atomic E-state index is 5.85. The lowest BCUT2D eigenvalue weighted by atomic mass is 10.00. The van der Waals surface area contributed by atoms with Crippen molar-refractivity contribution in [2.24, 2.45) is 0 Å². The summed E-state index contributed by atoms with van der Waals surface area (Å²) in [5, 5.41) is 3.27. The third-order valence-corrected chi connectivity index (χ3v) is 3.71. The molecule has 104 valence electrons. The molecule has 2 aliphatic rings. The van der Waals surface area contributed by atoms with Crippen LogP contribution in [0.4, 0.5) is 11.5 Å². The fraction of sp³-hybridized carbons (Fsp3) is 0.118. The highest BCUT2D eigenvalue weighted by atomic mass is 16.5. The molecule has 4 rings (SSSR count). The van der Waals surface area contributed by atoms with Crippen LogP contribution < -0.4 is 15.0 Å². The number of pyridine rings is 1. The van der Waals surface area contributed by atoms with E-state index in [2.05, 4.69) is 64.9 Å². The monoisotopic (exact) mass is 277 g/mol. The van der Waals surface area contributed by atoms with E-state index in [1.807, 2.05) is 12.1 Å². The maximum atomic E-state index is 5.85. The first-order valence-corrected chi connectivity index (χ1v) is 6.92. The van der Waals surface area contributed by atoms with Crippen LogP contribution in [-0.2, 0) is 0 Å². The van der Waals surface area contributed by atoms with E-state index in [0.717, 1.165) is 17.1 Å². The lowest BCUT2D eigenvalue weighted by Gasteiger charge is -2.24. The van der Waals surface area contributed by atoms with Crippen molar-refractivity contribution in [3.05, 3.63) is 66.5 Å². The molecule has 0 bridgehead atoms. The average Bonchev–Trinajstić information content (AvgIpc) is 2.93. The molecule has 0 fully saturated rings. The van der Waals surface area contributed by atoms with Crippen molar-refractivity contribution in [1.82, 2.24) is 4.98 Å². The lowest BCUT2D eigenvalue weighted by molar-refractivity contribution is 0.303. The first-order valence-electron chi connectivity index (χ1n) is 6.92. The van der Waals surface area contributed by atoms with E-state index >= 15 is 0 Å². The number of hydrogen-bond acceptors (Lipinski definition) is 4. The molecule has 2 aliphatic heterocycles. The zero-order chi connectivity index (χ0) is 14.2. The lowest BCUT2D eigenvalue weighted by Crippen LogP contribution is -2.19. The molecule has 0 radical (unpaired) electrons. The number of rotatable bonds is 1. The van der Waals surface area contributed by atoms with E-state index in [4.69, 9.17) is 4.74 Å². The molecule has 21 heavy (non-hydrogen) atoms. The number of ether oxygens (including phenoxy) is 1. The Morgan fingerprint density at radius 1 is 1.24 bits per heavy atom. The van der Waals surface area contributed by atoms with E-state index in [0.29, 0.717) is 0 Å². The summed E-state index contributed by atoms with van der Waals surface area (Å²) in [6, 6.07) is 12.1. The van der Waals surface area contributed by atoms with E-state index in [9.17, 15) is 0 Å². The number of benzene rings is 1. The van der Waals surface area contributed by atoms with Gasteiger partial charge >= 0.3 is 0 Å². The Morgan fingerprint density at radius 2 is 2.14 bits per heavy atom. The molecule has 0 saturated heterocycles. The van der Waals surface area contributed by atoms with Gasteiger partial charge in [-0.25, -0.2) is 4.98 Å². The number of aromatic nitrogens is 1. The Bertz CT molecular complexity index is 726. The van der Waals surface area contributed by atoms with Gasteiger partial charge in [-0.1, -0.05) is 18.2 Å². The van der Waals surface area contributed by atoms with Gasteiger partial charge in [-0.2, -0.15) is 0 Å². The second kappa shape index (κ2) is 4.66. The van der Waals surface area contributed by atoms with Crippen molar-refractivity contribution in [2.75, 3.05) is 17.3 Å². The molecule has 0 aliphatic carbocycles. The van der Waals surface area contributed by atoms with Crippen LogP contribution in [0, 0.1) is 0 Å². The van der Waals surface area contributed by atoms with Crippen LogP contribution in [0.2, 0.25) is 0 Å². The maximum Gasteiger partial charge on any atom is 0.191 e. The molecule has 0 spiro atoms. The van der Waals surface area contributed by atoms with E-state index in [1.165, 1.54) is 11.3 Å². The molecule has 0 amide bonds. The molecule has 0 saturated carbocycles. The number of allylic oxidation sites excluding steroid dienone is 2. The van der Waals surface area contributed by atoms with E-state index < -0.39 is 0 Å². The van der Waals surface area contributed by atoms with Gasteiger partial charge in [-0.05, 0) is 35.9 Å². The van der Waals surface area contributed by atoms with Crippen LogP contribution in [0.5, 0.6) is 5.75 Å². The molecule has 1 unspecified atom stereocenters. The summed E-state index contributed by atoms with van der Waals surface area (Å²) in [6.07, 6.45) is 7.82. The second-order valence-corrected chi connectivity index (χ2v) is 5.10. The van der Waals surface area contributed by atoms with Gasteiger partial charge in [0, 0.05) is 30.7 Å². The predicted octanol–water partition coefficient (Wildman–Crippen LogP) is 3.26. The molecule has 2 aromatic rings. The summed E-state index contributed by atoms with van der Waals surface area (Å²) in [4.78, 5) is 6.38. The fourth-order valence-corrected chi connectivity index (χ4v) is 2.67. The van der Waals surface area contributed by atoms with Crippen molar-refractivity contribution < 1.29 is 4.74 Å². The summed E-state index contributed by atoms with van der Waals surface area (Å²) >= 11 is 0. The topological polar surface area (TPSA) is 37.4 Å². The number of para-hydroxylation sites is 1. The zero-order valence-electron chi connectivity index (χ0n) is 11.7. The summed E-state index contributed by atoms with van der Waals surface area (Å²) in [5.41, 5.74) is 3.55. The Balaban J connectivity index is 1.68. The molecule has 1 atom stereocenters. The van der Waals surface area contributed by atoms with E-state index in [-0.39, 0.29) is 6.23 Å². The molecule has 1 aromatic heterocycles. The molecule has 1 N–H and O–H groups in total. The van der Waals surface area contributed by atoms with Crippen molar-refractivity contribution in [3.63, 3.8) is 0 Å². The highest BCUT2D eigenvalue weighted by Gasteiger charge is 2.22. The Hall–Kier alpha value is -2.75. The van der Waals surface area contributed by atoms with Gasteiger partial charge in [0.1, 0.15) is 0 Å². The van der Waals surface area contributed by atoms with Crippen molar-refractivity contribution in [2.45, 2.75) is 6.23 Å². The standard InChI is InChI=1S/C17H15N3O/c1-20-10-8-12(13-5-2-3-6-14(13)20)11-16-19-17-15(21-16)7-4-9-18-17/h2-11,16H,1H3,(H,18,19)/b12-11+. The summed E-state index contributed by atoms with van der Waals surface area (Å²) in [7, 11) is 2.05. The second-order valence-electron chi connectivity index (χ2n) is 5.10. The minimum Gasteiger partial charge on any atom is -0.463 e. The number of nitrogens with zero attached hydrogens (tertiary/aromatic N) is 2. The Kier molecular flexibility index (Phi) is 2.67. The van der Waals surface area contributed by atoms with Crippen LogP contribution in [0.1, 0.15) is 5.56 Å². The predicted molar refractivity (Wildman–Crippen MR) is 84.2 cm³/mol. The van der Waals surface area contributed by atoms with Crippen LogP contribution in [-0.4, -0.2) is 18.3 Å². The molecule has 1 aromatic carbocycles. The van der Waals surface area contributed by atoms with Crippen LogP contribution in [0.25, 0.3) is 5.57 Å². The highest BCUT2D eigenvalue weighted by Crippen LogP contribution is 2.34. The number of nitrogens with one attached hydrogen (secondary N) is 1. The molecular weight excluding hydrogens is 262 g/mol. The van der Waals surface area contributed by atoms with Gasteiger partial charge in [0.25, 0.3) is 0 Å². The third kappa shape index (κ3) is 2.05. The van der Waals surface area contributed by atoms with Gasteiger partial charge in [-0.3, -0.25) is 0 Å². The molecular formula is C17H15N3O. The first kappa shape index (κ1) is 12.0. The molecule has 4 heteroatoms. The molecule has 4 nitrogen and oxygen atoms in total. The number of hydrogen-bond donors (Lipinski definition) is 1. The SMILES string of the molecule is CN1C=C/C(=C\C2Nc3ncccc3O2)c2ccccc21. The van der Waals surface area contributed by atoms with Crippen molar-refractivity contribution in [3.8, 4) is 5.75 Å². The van der Waals surface area contributed by atoms with Crippen LogP contribution in [0.3, 0.4) is 0 Å². The highest BCUT2D eigenvalue weighted by molar-refractivity contribution is 5.86. The Morgan fingerprint density at radius 3 is 3.05 bits per heavy atom. The third-order valence-electron chi connectivity index (χ3n) is 3.71. The van der Waals surface area contributed by atoms with Crippen LogP contribution in [0.15, 0.2) is 60.9 Å². The van der Waals surface area contributed by atoms with Gasteiger partial charge in [0.15, 0.2) is 17.8 Å². The quantitative estimate of drug-likeness (QED) is 0.868. The molecule has 3 heterocycles. The normalized spacial score (nSPS) is 20.7. The van der Waals surface area contributed by atoms with Crippen LogP contribution >= 0.6 is 0 Å². The van der Waals surface area contributed by atoms with Gasteiger partial charge in [-0.15, -0.1) is 0 Å². The minimum absolute atomic E-state index is 0.189. The largest absolute Gasteiger partial charge is 0.463 e. The Labute approximate surface area is 123 Å². The van der Waals surface area contributed by atoms with Gasteiger partial charge in [0.2, 0.25) is 0 Å². The summed E-state index contributed by atoms with van der Waals surface area (Å²) in [5.74, 6) is 1.59. The van der Waals surface area contributed by atoms with Gasteiger partial charge in [0.05, 0.1) is 0 Å². The number of fused-ring (bicyclic) bond motifs is 2. The van der Waals surface area contributed by atoms with Crippen molar-refractivity contribution >= 4 is 17.1 Å². The summed E-state index contributed by atoms with van der Waals surface area (Å²) < 4.78 is 5.85. The van der Waals surface area contributed by atoms with Crippen molar-refractivity contribution in [1.29, 1.82) is 0 Å². The zero-order valence-corrected chi connectivity index (χ0v) is 11.7. The average molecular weight is 277 g/mol. The minimum atomic E-state index is -0.189. The summed E-state index contributed by atoms with van der Waals surface area (Å²) in [6.45, 7) is 0.